The van der Waals surface area contributed by atoms with E-state index in [0.29, 0.717) is 17.3 Å². The fourth-order valence-electron chi connectivity index (χ4n) is 1.84. The van der Waals surface area contributed by atoms with Gasteiger partial charge in [0.15, 0.2) is 0 Å². The Morgan fingerprint density at radius 3 is 2.52 bits per heavy atom. The maximum atomic E-state index is 5.30. The number of benzene rings is 1. The van der Waals surface area contributed by atoms with E-state index in [1.54, 1.807) is 17.1 Å². The van der Waals surface area contributed by atoms with Crippen LogP contribution in [0.2, 0.25) is 0 Å². The molecule has 2 aromatic heterocycles. The molecule has 0 saturated heterocycles. The first kappa shape index (κ1) is 13.4. The monoisotopic (exact) mass is 295 g/mol. The summed E-state index contributed by atoms with van der Waals surface area (Å²) in [7, 11) is 0. The summed E-state index contributed by atoms with van der Waals surface area (Å²) in [5, 5.41) is 3.12. The van der Waals surface area contributed by atoms with Crippen molar-refractivity contribution in [3.8, 4) is 0 Å². The number of nitrogens with one attached hydrogen (secondary N) is 1. The van der Waals surface area contributed by atoms with Crippen molar-refractivity contribution >= 4 is 23.9 Å². The molecule has 3 rings (SSSR count). The van der Waals surface area contributed by atoms with Gasteiger partial charge in [0.1, 0.15) is 6.33 Å². The average Bonchev–Trinajstić information content (AvgIpc) is 2.52. The second-order valence-corrected chi connectivity index (χ2v) is 4.77. The zero-order chi connectivity index (χ0) is 14.5. The number of rotatable bonds is 4. The van der Waals surface area contributed by atoms with Gasteiger partial charge in [-0.05, 0) is 36.5 Å². The third kappa shape index (κ3) is 3.49. The SMILES string of the molecule is S=c1nc(Nc2ccccc2)ncn1Cc1ccccn1. The largest absolute Gasteiger partial charge is 0.324 e. The summed E-state index contributed by atoms with van der Waals surface area (Å²) in [5.41, 5.74) is 1.84. The molecule has 0 aliphatic heterocycles. The Kier molecular flexibility index (Phi) is 3.97. The van der Waals surface area contributed by atoms with Crippen LogP contribution in [0.15, 0.2) is 61.1 Å². The summed E-state index contributed by atoms with van der Waals surface area (Å²) in [4.78, 5) is 12.8. The van der Waals surface area contributed by atoms with Gasteiger partial charge >= 0.3 is 0 Å². The van der Waals surface area contributed by atoms with Gasteiger partial charge in [-0.3, -0.25) is 4.98 Å². The molecule has 0 amide bonds. The molecule has 0 fully saturated rings. The van der Waals surface area contributed by atoms with Crippen LogP contribution in [0.5, 0.6) is 0 Å². The summed E-state index contributed by atoms with van der Waals surface area (Å²) in [6.07, 6.45) is 3.43. The van der Waals surface area contributed by atoms with E-state index >= 15 is 0 Å². The Bertz CT molecular complexity index is 771. The van der Waals surface area contributed by atoms with E-state index in [1.807, 2.05) is 48.5 Å². The Hall–Kier alpha value is -2.60. The Labute approximate surface area is 127 Å². The van der Waals surface area contributed by atoms with Gasteiger partial charge in [-0.1, -0.05) is 24.3 Å². The van der Waals surface area contributed by atoms with E-state index in [0.717, 1.165) is 11.4 Å². The van der Waals surface area contributed by atoms with Crippen LogP contribution in [0.4, 0.5) is 11.6 Å². The molecule has 0 radical (unpaired) electrons. The zero-order valence-electron chi connectivity index (χ0n) is 11.2. The quantitative estimate of drug-likeness (QED) is 0.749. The summed E-state index contributed by atoms with van der Waals surface area (Å²) in [6, 6.07) is 15.5. The summed E-state index contributed by atoms with van der Waals surface area (Å²) < 4.78 is 2.25. The molecule has 5 nitrogen and oxygen atoms in total. The van der Waals surface area contributed by atoms with Crippen molar-refractivity contribution in [1.29, 1.82) is 0 Å². The van der Waals surface area contributed by atoms with E-state index < -0.39 is 0 Å². The normalized spacial score (nSPS) is 10.3. The summed E-state index contributed by atoms with van der Waals surface area (Å²) in [5.74, 6) is 0.489. The first-order valence-electron chi connectivity index (χ1n) is 6.47. The fourth-order valence-corrected chi connectivity index (χ4v) is 2.04. The molecule has 1 N–H and O–H groups in total. The molecule has 0 aliphatic rings. The van der Waals surface area contributed by atoms with Crippen molar-refractivity contribution in [2.75, 3.05) is 5.32 Å². The second-order valence-electron chi connectivity index (χ2n) is 4.40. The number of nitrogens with zero attached hydrogens (tertiary/aromatic N) is 4. The highest BCUT2D eigenvalue weighted by molar-refractivity contribution is 7.71. The first-order chi connectivity index (χ1) is 10.3. The van der Waals surface area contributed by atoms with E-state index in [9.17, 15) is 0 Å². The lowest BCUT2D eigenvalue weighted by molar-refractivity contribution is 0.710. The molecular formula is C15H13N5S. The molecule has 1 aromatic carbocycles. The summed E-state index contributed by atoms with van der Waals surface area (Å²) in [6.45, 7) is 0.561. The minimum Gasteiger partial charge on any atom is -0.324 e. The molecule has 0 unspecified atom stereocenters. The van der Waals surface area contributed by atoms with Gasteiger partial charge in [0.2, 0.25) is 10.7 Å². The van der Waals surface area contributed by atoms with Crippen LogP contribution in [0, 0.1) is 4.77 Å². The van der Waals surface area contributed by atoms with Crippen molar-refractivity contribution in [3.63, 3.8) is 0 Å². The van der Waals surface area contributed by atoms with E-state index in [2.05, 4.69) is 20.3 Å². The minimum atomic E-state index is 0.467. The van der Waals surface area contributed by atoms with Crippen LogP contribution in [-0.4, -0.2) is 19.5 Å². The molecule has 0 atom stereocenters. The third-order valence-electron chi connectivity index (χ3n) is 2.86. The van der Waals surface area contributed by atoms with Crippen LogP contribution >= 0.6 is 12.2 Å². The lowest BCUT2D eigenvalue weighted by atomic mass is 10.3. The van der Waals surface area contributed by atoms with Crippen molar-refractivity contribution in [3.05, 3.63) is 71.5 Å². The molecule has 0 bridgehead atoms. The molecule has 3 aromatic rings. The van der Waals surface area contributed by atoms with Crippen LogP contribution in [0.25, 0.3) is 0 Å². The van der Waals surface area contributed by atoms with Crippen molar-refractivity contribution in [2.45, 2.75) is 6.54 Å². The van der Waals surface area contributed by atoms with Gasteiger partial charge in [-0.2, -0.15) is 4.98 Å². The standard InChI is InChI=1S/C15H13N5S/c21-15-19-14(18-12-6-2-1-3-7-12)17-11-20(15)10-13-8-4-5-9-16-13/h1-9,11H,10H2,(H,18,19,21). The highest BCUT2D eigenvalue weighted by Gasteiger charge is 2.01. The smallest absolute Gasteiger partial charge is 0.231 e. The third-order valence-corrected chi connectivity index (χ3v) is 3.18. The van der Waals surface area contributed by atoms with E-state index in [-0.39, 0.29) is 0 Å². The van der Waals surface area contributed by atoms with Crippen LogP contribution < -0.4 is 5.32 Å². The van der Waals surface area contributed by atoms with Gasteiger partial charge < -0.3 is 9.88 Å². The summed E-state index contributed by atoms with van der Waals surface area (Å²) >= 11 is 5.30. The van der Waals surface area contributed by atoms with Crippen molar-refractivity contribution in [1.82, 2.24) is 19.5 Å². The molecule has 2 heterocycles. The lowest BCUT2D eigenvalue weighted by Gasteiger charge is -2.08. The zero-order valence-corrected chi connectivity index (χ0v) is 12.0. The molecule has 104 valence electrons. The number of pyridine rings is 1. The predicted molar refractivity (Wildman–Crippen MR) is 83.9 cm³/mol. The second kappa shape index (κ2) is 6.23. The number of para-hydroxylation sites is 1. The van der Waals surface area contributed by atoms with Crippen LogP contribution in [-0.2, 0) is 6.54 Å². The molecule has 0 spiro atoms. The number of anilines is 2. The van der Waals surface area contributed by atoms with Gasteiger partial charge in [0.05, 0.1) is 12.2 Å². The molecule has 6 heteroatoms. The van der Waals surface area contributed by atoms with Crippen molar-refractivity contribution < 1.29 is 0 Å². The van der Waals surface area contributed by atoms with Crippen LogP contribution in [0.3, 0.4) is 0 Å². The van der Waals surface area contributed by atoms with Gasteiger partial charge in [-0.25, -0.2) is 4.98 Å². The highest BCUT2D eigenvalue weighted by Crippen LogP contribution is 2.11. The minimum absolute atomic E-state index is 0.467. The predicted octanol–water partition coefficient (Wildman–Crippen LogP) is 3.19. The first-order valence-corrected chi connectivity index (χ1v) is 6.87. The maximum Gasteiger partial charge on any atom is 0.231 e. The van der Waals surface area contributed by atoms with Crippen molar-refractivity contribution in [2.24, 2.45) is 0 Å². The average molecular weight is 295 g/mol. The number of aromatic nitrogens is 4. The molecule has 0 saturated carbocycles. The molecule has 0 aliphatic carbocycles. The Balaban J connectivity index is 1.79. The van der Waals surface area contributed by atoms with E-state index in [4.69, 9.17) is 12.2 Å². The molecule has 21 heavy (non-hydrogen) atoms. The van der Waals surface area contributed by atoms with Gasteiger partial charge in [-0.15, -0.1) is 0 Å². The fraction of sp³-hybridized carbons (Fsp3) is 0.0667. The Morgan fingerprint density at radius 1 is 1.00 bits per heavy atom. The van der Waals surface area contributed by atoms with Gasteiger partial charge in [0, 0.05) is 11.9 Å². The van der Waals surface area contributed by atoms with Gasteiger partial charge in [0.25, 0.3) is 0 Å². The topological polar surface area (TPSA) is 55.6 Å². The highest BCUT2D eigenvalue weighted by atomic mass is 32.1. The van der Waals surface area contributed by atoms with Crippen LogP contribution in [0.1, 0.15) is 5.69 Å². The van der Waals surface area contributed by atoms with E-state index in [1.165, 1.54) is 0 Å². The number of hydrogen-bond donors (Lipinski definition) is 1. The molecular weight excluding hydrogens is 282 g/mol. The lowest BCUT2D eigenvalue weighted by Crippen LogP contribution is -2.08. The maximum absolute atomic E-state index is 5.30. The Morgan fingerprint density at radius 2 is 1.81 bits per heavy atom. The number of hydrogen-bond acceptors (Lipinski definition) is 5.